The zero-order chi connectivity index (χ0) is 13.8. The van der Waals surface area contributed by atoms with E-state index >= 15 is 0 Å². The number of hydrazine groups is 1. The number of carbonyl (C=O) groups is 1. The largest absolute Gasteiger partial charge is 0.479 e. The first-order valence-electron chi connectivity index (χ1n) is 6.32. The molecular formula is C13H20N4O2. The van der Waals surface area contributed by atoms with Crippen molar-refractivity contribution in [3.8, 4) is 5.75 Å². The Morgan fingerprint density at radius 3 is 3.05 bits per heavy atom. The molecule has 104 valence electrons. The molecule has 1 aliphatic heterocycles. The van der Waals surface area contributed by atoms with E-state index in [9.17, 15) is 4.79 Å². The second kappa shape index (κ2) is 6.01. The summed E-state index contributed by atoms with van der Waals surface area (Å²) in [6, 6.07) is 5.89. The molecule has 2 rings (SSSR count). The topological polar surface area (TPSA) is 79.6 Å². The van der Waals surface area contributed by atoms with Crippen LogP contribution >= 0.6 is 0 Å². The zero-order valence-electron chi connectivity index (χ0n) is 11.3. The summed E-state index contributed by atoms with van der Waals surface area (Å²) in [5.41, 5.74) is 4.52. The molecule has 4 N–H and O–H groups in total. The molecule has 1 aliphatic rings. The van der Waals surface area contributed by atoms with E-state index in [-0.39, 0.29) is 5.91 Å². The van der Waals surface area contributed by atoms with Crippen LogP contribution in [0.1, 0.15) is 12.5 Å². The molecule has 1 heterocycles. The van der Waals surface area contributed by atoms with Crippen LogP contribution in [-0.2, 0) is 11.2 Å². The fourth-order valence-corrected chi connectivity index (χ4v) is 1.97. The third-order valence-corrected chi connectivity index (χ3v) is 3.12. The fraction of sp³-hybridized carbons (Fsp3) is 0.462. The number of hydrogen-bond acceptors (Lipinski definition) is 5. The number of nitrogens with one attached hydrogen (secondary N) is 2. The molecule has 0 radical (unpaired) electrons. The van der Waals surface area contributed by atoms with Crippen LogP contribution in [0.15, 0.2) is 18.2 Å². The van der Waals surface area contributed by atoms with Crippen molar-refractivity contribution in [1.29, 1.82) is 0 Å². The Balaban J connectivity index is 2.01. The molecule has 1 amide bonds. The minimum atomic E-state index is -0.430. The van der Waals surface area contributed by atoms with Crippen molar-refractivity contribution in [1.82, 2.24) is 10.3 Å². The van der Waals surface area contributed by atoms with Gasteiger partial charge in [0.25, 0.3) is 5.91 Å². The summed E-state index contributed by atoms with van der Waals surface area (Å²) in [6.45, 7) is 3.26. The van der Waals surface area contributed by atoms with Crippen LogP contribution in [0.5, 0.6) is 5.75 Å². The molecule has 6 nitrogen and oxygen atoms in total. The Hall–Kier alpha value is -1.63. The van der Waals surface area contributed by atoms with E-state index in [1.807, 2.05) is 25.2 Å². The number of anilines is 1. The number of likely N-dealkylation sites (N-methyl/N-ethyl adjacent to an activating group) is 1. The summed E-state index contributed by atoms with van der Waals surface area (Å²) in [6.07, 6.45) is 0.455. The molecule has 0 bridgehead atoms. The lowest BCUT2D eigenvalue weighted by Gasteiger charge is -2.24. The molecule has 0 aliphatic carbocycles. The molecule has 0 spiro atoms. The first-order valence-corrected chi connectivity index (χ1v) is 6.32. The molecule has 1 atom stereocenters. The lowest BCUT2D eigenvalue weighted by Crippen LogP contribution is -2.36. The Bertz CT molecular complexity index is 464. The van der Waals surface area contributed by atoms with Crippen molar-refractivity contribution in [3.63, 3.8) is 0 Å². The van der Waals surface area contributed by atoms with Crippen LogP contribution < -0.4 is 21.3 Å². The van der Waals surface area contributed by atoms with Gasteiger partial charge in [-0.1, -0.05) is 6.07 Å². The van der Waals surface area contributed by atoms with Crippen molar-refractivity contribution < 1.29 is 9.53 Å². The number of nitrogens with two attached hydrogens (primary N) is 1. The molecule has 1 unspecified atom stereocenters. The van der Waals surface area contributed by atoms with Crippen LogP contribution in [0, 0.1) is 0 Å². The molecule has 0 aromatic heterocycles. The number of hydrogen-bond donors (Lipinski definition) is 3. The summed E-state index contributed by atoms with van der Waals surface area (Å²) in [7, 11) is 1.99. The lowest BCUT2D eigenvalue weighted by molar-refractivity contribution is -0.122. The molecular weight excluding hydrogens is 244 g/mol. The van der Waals surface area contributed by atoms with Crippen molar-refractivity contribution in [2.75, 3.05) is 25.6 Å². The maximum atomic E-state index is 11.6. The van der Waals surface area contributed by atoms with Gasteiger partial charge in [0.1, 0.15) is 5.75 Å². The molecule has 1 aromatic carbocycles. The van der Waals surface area contributed by atoms with Crippen LogP contribution in [0.3, 0.4) is 0 Å². The second-order valence-electron chi connectivity index (χ2n) is 4.77. The number of benzene rings is 1. The van der Waals surface area contributed by atoms with Gasteiger partial charge in [-0.2, -0.15) is 0 Å². The van der Waals surface area contributed by atoms with Crippen molar-refractivity contribution in [3.05, 3.63) is 23.8 Å². The molecule has 19 heavy (non-hydrogen) atoms. The Morgan fingerprint density at radius 1 is 1.53 bits per heavy atom. The summed E-state index contributed by atoms with van der Waals surface area (Å²) in [5, 5.41) is 2.85. The summed E-state index contributed by atoms with van der Waals surface area (Å²) < 4.78 is 5.51. The minimum absolute atomic E-state index is 0.103. The number of nitrogens with zero attached hydrogens (tertiary/aromatic N) is 1. The number of amides is 1. The summed E-state index contributed by atoms with van der Waals surface area (Å²) >= 11 is 0. The van der Waals surface area contributed by atoms with Gasteiger partial charge >= 0.3 is 0 Å². The standard InChI is InChI=1S/C13H20N4O2/c1-9-13(18)16-11-7-10(3-4-12(11)19-9)5-6-17(2)8-15-14/h3-4,7,9,15H,5-6,8,14H2,1-2H3,(H,16,18). The first-order chi connectivity index (χ1) is 9.10. The second-order valence-corrected chi connectivity index (χ2v) is 4.77. The summed E-state index contributed by atoms with van der Waals surface area (Å²) in [4.78, 5) is 13.6. The van der Waals surface area contributed by atoms with Gasteiger partial charge < -0.3 is 10.1 Å². The van der Waals surface area contributed by atoms with E-state index in [2.05, 4.69) is 15.6 Å². The fourth-order valence-electron chi connectivity index (χ4n) is 1.97. The highest BCUT2D eigenvalue weighted by Crippen LogP contribution is 2.30. The van der Waals surface area contributed by atoms with E-state index in [1.54, 1.807) is 6.92 Å². The summed E-state index contributed by atoms with van der Waals surface area (Å²) in [5.74, 6) is 5.89. The van der Waals surface area contributed by atoms with Crippen molar-refractivity contribution >= 4 is 11.6 Å². The van der Waals surface area contributed by atoms with Gasteiger partial charge in [0, 0.05) is 6.54 Å². The SMILES string of the molecule is CC1Oc2ccc(CCN(C)CNN)cc2NC1=O. The minimum Gasteiger partial charge on any atom is -0.479 e. The Labute approximate surface area is 112 Å². The Kier molecular flexibility index (Phi) is 4.36. The van der Waals surface area contributed by atoms with Gasteiger partial charge in [0.2, 0.25) is 0 Å². The average molecular weight is 264 g/mol. The van der Waals surface area contributed by atoms with E-state index in [4.69, 9.17) is 10.6 Å². The molecule has 1 aromatic rings. The molecule has 0 saturated heterocycles. The Morgan fingerprint density at radius 2 is 2.32 bits per heavy atom. The highest BCUT2D eigenvalue weighted by atomic mass is 16.5. The van der Waals surface area contributed by atoms with E-state index in [0.717, 1.165) is 30.0 Å². The smallest absolute Gasteiger partial charge is 0.265 e. The number of ether oxygens (including phenoxy) is 1. The van der Waals surface area contributed by atoms with Gasteiger partial charge in [-0.25, -0.2) is 5.43 Å². The molecule has 6 heteroatoms. The quantitative estimate of drug-likeness (QED) is 0.405. The highest BCUT2D eigenvalue weighted by Gasteiger charge is 2.23. The third-order valence-electron chi connectivity index (χ3n) is 3.12. The highest BCUT2D eigenvalue weighted by molar-refractivity contribution is 5.97. The number of carbonyl (C=O) groups excluding carboxylic acids is 1. The van der Waals surface area contributed by atoms with Crippen LogP contribution in [0.4, 0.5) is 5.69 Å². The van der Waals surface area contributed by atoms with E-state index < -0.39 is 6.10 Å². The normalized spacial score (nSPS) is 17.9. The van der Waals surface area contributed by atoms with Gasteiger partial charge in [-0.05, 0) is 38.1 Å². The first kappa shape index (κ1) is 13.8. The number of rotatable bonds is 5. The van der Waals surface area contributed by atoms with E-state index in [1.165, 1.54) is 0 Å². The van der Waals surface area contributed by atoms with Gasteiger partial charge in [0.15, 0.2) is 6.10 Å². The van der Waals surface area contributed by atoms with Crippen LogP contribution in [0.25, 0.3) is 0 Å². The van der Waals surface area contributed by atoms with Crippen molar-refractivity contribution in [2.45, 2.75) is 19.4 Å². The maximum Gasteiger partial charge on any atom is 0.265 e. The zero-order valence-corrected chi connectivity index (χ0v) is 11.3. The molecule has 0 fully saturated rings. The lowest BCUT2D eigenvalue weighted by atomic mass is 10.1. The monoisotopic (exact) mass is 264 g/mol. The van der Waals surface area contributed by atoms with Crippen LogP contribution in [-0.4, -0.2) is 37.2 Å². The van der Waals surface area contributed by atoms with E-state index in [0.29, 0.717) is 6.67 Å². The number of fused-ring (bicyclic) bond motifs is 1. The predicted octanol–water partition coefficient (Wildman–Crippen LogP) is 0.301. The predicted molar refractivity (Wildman–Crippen MR) is 73.7 cm³/mol. The van der Waals surface area contributed by atoms with Gasteiger partial charge in [-0.15, -0.1) is 0 Å². The molecule has 0 saturated carbocycles. The maximum absolute atomic E-state index is 11.6. The van der Waals surface area contributed by atoms with Crippen LogP contribution in [0.2, 0.25) is 0 Å². The van der Waals surface area contributed by atoms with Gasteiger partial charge in [-0.3, -0.25) is 15.5 Å². The average Bonchev–Trinajstić information content (AvgIpc) is 2.38. The van der Waals surface area contributed by atoms with Crippen molar-refractivity contribution in [2.24, 2.45) is 5.84 Å². The van der Waals surface area contributed by atoms with Gasteiger partial charge in [0.05, 0.1) is 12.4 Å². The third kappa shape index (κ3) is 3.44.